The minimum absolute atomic E-state index is 0.0479. The van der Waals surface area contributed by atoms with Gasteiger partial charge >= 0.3 is 6.09 Å². The van der Waals surface area contributed by atoms with Gasteiger partial charge in [-0.2, -0.15) is 0 Å². The quantitative estimate of drug-likeness (QED) is 0.616. The fourth-order valence-corrected chi connectivity index (χ4v) is 3.87. The first-order valence-corrected chi connectivity index (χ1v) is 11.0. The third-order valence-electron chi connectivity index (χ3n) is 5.67. The molecule has 2 aromatic rings. The second kappa shape index (κ2) is 10.4. The lowest BCUT2D eigenvalue weighted by molar-refractivity contribution is -0.121. The van der Waals surface area contributed by atoms with Crippen molar-refractivity contribution in [3.05, 3.63) is 59.9 Å². The highest BCUT2D eigenvalue weighted by atomic mass is 19.1. The van der Waals surface area contributed by atoms with Crippen LogP contribution in [-0.4, -0.2) is 63.3 Å². The van der Waals surface area contributed by atoms with Crippen molar-refractivity contribution < 1.29 is 28.2 Å². The molecule has 2 aliphatic rings. The third-order valence-corrected chi connectivity index (χ3v) is 5.67. The van der Waals surface area contributed by atoms with Crippen molar-refractivity contribution in [1.29, 1.82) is 0 Å². The molecule has 2 heterocycles. The maximum absolute atomic E-state index is 14.7. The SMILES string of the molecule is O=C(CCC(=O)c1ccccc1)NC[C@H]1CN(c2ccc(N3CCOCC3)c(F)c2)C(=O)O1. The summed E-state index contributed by atoms with van der Waals surface area (Å²) in [7, 11) is 0. The zero-order valence-electron chi connectivity index (χ0n) is 18.2. The highest BCUT2D eigenvalue weighted by molar-refractivity contribution is 5.98. The number of ketones is 1. The summed E-state index contributed by atoms with van der Waals surface area (Å²) in [5.41, 5.74) is 1.44. The molecular weight excluding hydrogens is 429 g/mol. The van der Waals surface area contributed by atoms with Crippen molar-refractivity contribution in [2.24, 2.45) is 0 Å². The van der Waals surface area contributed by atoms with Crippen LogP contribution in [0.15, 0.2) is 48.5 Å². The average molecular weight is 455 g/mol. The molecule has 4 rings (SSSR count). The van der Waals surface area contributed by atoms with Crippen molar-refractivity contribution in [2.45, 2.75) is 18.9 Å². The molecule has 0 bridgehead atoms. The molecule has 174 valence electrons. The molecule has 0 saturated carbocycles. The topological polar surface area (TPSA) is 88.2 Å². The van der Waals surface area contributed by atoms with E-state index in [2.05, 4.69) is 5.32 Å². The molecule has 2 aliphatic heterocycles. The molecule has 8 nitrogen and oxygen atoms in total. The van der Waals surface area contributed by atoms with Gasteiger partial charge in [0.1, 0.15) is 11.9 Å². The number of Topliss-reactive ketones (excluding diaryl/α,β-unsaturated/α-hetero) is 1. The molecule has 1 N–H and O–H groups in total. The summed E-state index contributed by atoms with van der Waals surface area (Å²) >= 11 is 0. The van der Waals surface area contributed by atoms with Gasteiger partial charge in [-0.05, 0) is 18.2 Å². The fraction of sp³-hybridized carbons (Fsp3) is 0.375. The van der Waals surface area contributed by atoms with Crippen molar-refractivity contribution in [1.82, 2.24) is 5.32 Å². The molecule has 1 atom stereocenters. The first-order chi connectivity index (χ1) is 16.0. The van der Waals surface area contributed by atoms with Crippen LogP contribution in [0.2, 0.25) is 0 Å². The maximum Gasteiger partial charge on any atom is 0.414 e. The first-order valence-electron chi connectivity index (χ1n) is 11.0. The number of amides is 2. The van der Waals surface area contributed by atoms with Gasteiger partial charge in [0.25, 0.3) is 0 Å². The van der Waals surface area contributed by atoms with Crippen LogP contribution in [0.25, 0.3) is 0 Å². The maximum atomic E-state index is 14.7. The zero-order chi connectivity index (χ0) is 23.2. The number of anilines is 2. The molecule has 2 fully saturated rings. The third kappa shape index (κ3) is 5.67. The summed E-state index contributed by atoms with van der Waals surface area (Å²) in [6.45, 7) is 2.63. The Morgan fingerprint density at radius 3 is 2.55 bits per heavy atom. The van der Waals surface area contributed by atoms with Crippen LogP contribution in [-0.2, 0) is 14.3 Å². The predicted molar refractivity (Wildman–Crippen MR) is 120 cm³/mol. The van der Waals surface area contributed by atoms with Gasteiger partial charge in [0.05, 0.1) is 37.7 Å². The molecule has 0 spiro atoms. The molecular formula is C24H26FN3O5. The van der Waals surface area contributed by atoms with Crippen LogP contribution < -0.4 is 15.1 Å². The van der Waals surface area contributed by atoms with E-state index in [9.17, 15) is 18.8 Å². The number of halogens is 1. The van der Waals surface area contributed by atoms with Crippen LogP contribution in [0, 0.1) is 5.82 Å². The van der Waals surface area contributed by atoms with E-state index >= 15 is 0 Å². The van der Waals surface area contributed by atoms with Crippen LogP contribution >= 0.6 is 0 Å². The number of carbonyl (C=O) groups excluding carboxylic acids is 3. The minimum atomic E-state index is -0.591. The Morgan fingerprint density at radius 2 is 1.82 bits per heavy atom. The second-order valence-electron chi connectivity index (χ2n) is 7.94. The van der Waals surface area contributed by atoms with Crippen molar-refractivity contribution in [3.63, 3.8) is 0 Å². The Kier molecular flexibility index (Phi) is 7.19. The van der Waals surface area contributed by atoms with Gasteiger partial charge in [-0.3, -0.25) is 14.5 Å². The number of nitrogens with zero attached hydrogens (tertiary/aromatic N) is 2. The number of benzene rings is 2. The number of ether oxygens (including phenoxy) is 2. The number of carbonyl (C=O) groups is 3. The largest absolute Gasteiger partial charge is 0.442 e. The molecule has 0 aliphatic carbocycles. The van der Waals surface area contributed by atoms with Crippen LogP contribution in [0.4, 0.5) is 20.6 Å². The Hall–Kier alpha value is -3.46. The monoisotopic (exact) mass is 455 g/mol. The van der Waals surface area contributed by atoms with Crippen molar-refractivity contribution in [2.75, 3.05) is 49.2 Å². The van der Waals surface area contributed by atoms with Gasteiger partial charge in [-0.25, -0.2) is 9.18 Å². The van der Waals surface area contributed by atoms with Crippen LogP contribution in [0.5, 0.6) is 0 Å². The van der Waals surface area contributed by atoms with E-state index in [1.807, 2.05) is 11.0 Å². The van der Waals surface area contributed by atoms with E-state index in [0.717, 1.165) is 0 Å². The highest BCUT2D eigenvalue weighted by Crippen LogP contribution is 2.28. The Labute approximate surface area is 191 Å². The van der Waals surface area contributed by atoms with E-state index in [4.69, 9.17) is 9.47 Å². The molecule has 0 aromatic heterocycles. The number of morpholine rings is 1. The highest BCUT2D eigenvalue weighted by Gasteiger charge is 2.33. The average Bonchev–Trinajstić information content (AvgIpc) is 3.22. The summed E-state index contributed by atoms with van der Waals surface area (Å²) in [5, 5.41) is 2.70. The van der Waals surface area contributed by atoms with Crippen molar-refractivity contribution >= 4 is 29.2 Å². The molecule has 2 amide bonds. The molecule has 2 aromatic carbocycles. The van der Waals surface area contributed by atoms with E-state index < -0.39 is 18.0 Å². The summed E-state index contributed by atoms with van der Waals surface area (Å²) in [4.78, 5) is 39.8. The van der Waals surface area contributed by atoms with Crippen molar-refractivity contribution in [3.8, 4) is 0 Å². The number of hydrogen-bond donors (Lipinski definition) is 1. The lowest BCUT2D eigenvalue weighted by atomic mass is 10.1. The van der Waals surface area contributed by atoms with Gasteiger partial charge in [0.15, 0.2) is 5.78 Å². The van der Waals surface area contributed by atoms with Crippen LogP contribution in [0.3, 0.4) is 0 Å². The summed E-state index contributed by atoms with van der Waals surface area (Å²) in [6.07, 6.45) is -1.01. The molecule has 2 saturated heterocycles. The Balaban J connectivity index is 1.26. The molecule has 9 heteroatoms. The van der Waals surface area contributed by atoms with Gasteiger partial charge < -0.3 is 19.7 Å². The van der Waals surface area contributed by atoms with E-state index in [1.165, 1.54) is 11.0 Å². The first kappa shape index (κ1) is 22.7. The van der Waals surface area contributed by atoms with E-state index in [-0.39, 0.29) is 37.6 Å². The zero-order valence-corrected chi connectivity index (χ0v) is 18.2. The second-order valence-corrected chi connectivity index (χ2v) is 7.94. The van der Waals surface area contributed by atoms with Gasteiger partial charge in [0.2, 0.25) is 5.91 Å². The lowest BCUT2D eigenvalue weighted by Gasteiger charge is -2.29. The normalized spacial score (nSPS) is 18.2. The smallest absolute Gasteiger partial charge is 0.414 e. The summed E-state index contributed by atoms with van der Waals surface area (Å²) in [5.74, 6) is -0.816. The lowest BCUT2D eigenvalue weighted by Crippen LogP contribution is -2.37. The molecule has 0 radical (unpaired) electrons. The van der Waals surface area contributed by atoms with E-state index in [0.29, 0.717) is 43.2 Å². The minimum Gasteiger partial charge on any atom is -0.442 e. The number of cyclic esters (lactones) is 1. The fourth-order valence-electron chi connectivity index (χ4n) is 3.87. The van der Waals surface area contributed by atoms with Crippen LogP contribution in [0.1, 0.15) is 23.2 Å². The van der Waals surface area contributed by atoms with Gasteiger partial charge in [0, 0.05) is 31.5 Å². The Bertz CT molecular complexity index is 1010. The summed E-state index contributed by atoms with van der Waals surface area (Å²) in [6, 6.07) is 13.5. The standard InChI is InChI=1S/C24H26FN3O5/c25-20-14-18(6-7-21(20)27-10-12-32-13-11-27)28-16-19(33-24(28)31)15-26-23(30)9-8-22(29)17-4-2-1-3-5-17/h1-7,14,19H,8-13,15-16H2,(H,26,30)/t19-/m0/s1. The number of hydrogen-bond acceptors (Lipinski definition) is 6. The predicted octanol–water partition coefficient (Wildman–Crippen LogP) is 2.77. The number of rotatable bonds is 8. The van der Waals surface area contributed by atoms with Gasteiger partial charge in [-0.1, -0.05) is 30.3 Å². The van der Waals surface area contributed by atoms with E-state index in [1.54, 1.807) is 36.4 Å². The molecule has 0 unspecified atom stereocenters. The van der Waals surface area contributed by atoms with Gasteiger partial charge in [-0.15, -0.1) is 0 Å². The number of nitrogens with one attached hydrogen (secondary N) is 1. The summed E-state index contributed by atoms with van der Waals surface area (Å²) < 4.78 is 25.3. The molecule has 33 heavy (non-hydrogen) atoms. The Morgan fingerprint density at radius 1 is 1.06 bits per heavy atom.